The topological polar surface area (TPSA) is 48.4 Å². The van der Waals surface area contributed by atoms with Gasteiger partial charge in [0.05, 0.1) is 18.5 Å². The molecule has 0 amide bonds. The van der Waals surface area contributed by atoms with Gasteiger partial charge in [-0.3, -0.25) is 0 Å². The third-order valence-corrected chi connectivity index (χ3v) is 3.33. The lowest BCUT2D eigenvalue weighted by Crippen LogP contribution is -2.21. The number of rotatable bonds is 5. The van der Waals surface area contributed by atoms with Crippen LogP contribution in [0.25, 0.3) is 0 Å². The Morgan fingerprint density at radius 3 is 2.76 bits per heavy atom. The lowest BCUT2D eigenvalue weighted by atomic mass is 10.2. The van der Waals surface area contributed by atoms with Crippen molar-refractivity contribution >= 4 is 11.5 Å². The van der Waals surface area contributed by atoms with Gasteiger partial charge in [-0.1, -0.05) is 12.8 Å². The van der Waals surface area contributed by atoms with Crippen LogP contribution in [0.2, 0.25) is 0 Å². The molecule has 1 aliphatic carbocycles. The zero-order valence-electron chi connectivity index (χ0n) is 10.4. The Morgan fingerprint density at radius 1 is 1.41 bits per heavy atom. The van der Waals surface area contributed by atoms with Gasteiger partial charge in [0, 0.05) is 19.6 Å². The molecule has 1 heterocycles. The van der Waals surface area contributed by atoms with E-state index in [1.54, 1.807) is 0 Å². The summed E-state index contributed by atoms with van der Waals surface area (Å²) in [6, 6.07) is 4.66. The number of likely N-dealkylation sites (N-methyl/N-ethyl adjacent to an activating group) is 1. The molecule has 1 aromatic rings. The number of nitrogens with one attached hydrogen (secondary N) is 1. The molecule has 94 valence electrons. The SMILES string of the molecule is CN(CCO)c1ccc(NC2CCCC2)nc1. The summed E-state index contributed by atoms with van der Waals surface area (Å²) in [5, 5.41) is 12.3. The first-order chi connectivity index (χ1) is 8.29. The summed E-state index contributed by atoms with van der Waals surface area (Å²) in [5.74, 6) is 0.957. The first-order valence-corrected chi connectivity index (χ1v) is 6.34. The van der Waals surface area contributed by atoms with Crippen LogP contribution in [0.15, 0.2) is 18.3 Å². The van der Waals surface area contributed by atoms with Gasteiger partial charge < -0.3 is 15.3 Å². The van der Waals surface area contributed by atoms with Crippen LogP contribution in [-0.4, -0.2) is 36.3 Å². The van der Waals surface area contributed by atoms with Crippen LogP contribution in [0.4, 0.5) is 11.5 Å². The van der Waals surface area contributed by atoms with Crippen LogP contribution in [0.5, 0.6) is 0 Å². The molecule has 1 fully saturated rings. The molecule has 0 aliphatic heterocycles. The molecular formula is C13H21N3O. The maximum absolute atomic E-state index is 8.87. The first kappa shape index (κ1) is 12.2. The number of nitrogens with zero attached hydrogens (tertiary/aromatic N) is 2. The average molecular weight is 235 g/mol. The highest BCUT2D eigenvalue weighted by atomic mass is 16.3. The molecular weight excluding hydrogens is 214 g/mol. The second-order valence-electron chi connectivity index (χ2n) is 4.67. The van der Waals surface area contributed by atoms with E-state index in [1.165, 1.54) is 25.7 Å². The van der Waals surface area contributed by atoms with E-state index in [4.69, 9.17) is 5.11 Å². The number of hydrogen-bond acceptors (Lipinski definition) is 4. The Kier molecular flexibility index (Phi) is 4.20. The van der Waals surface area contributed by atoms with Gasteiger partial charge in [-0.05, 0) is 25.0 Å². The fraction of sp³-hybridized carbons (Fsp3) is 0.615. The molecule has 4 heteroatoms. The Morgan fingerprint density at radius 2 is 2.18 bits per heavy atom. The van der Waals surface area contributed by atoms with E-state index >= 15 is 0 Å². The monoisotopic (exact) mass is 235 g/mol. The minimum Gasteiger partial charge on any atom is -0.395 e. The minimum atomic E-state index is 0.165. The zero-order valence-corrected chi connectivity index (χ0v) is 10.4. The van der Waals surface area contributed by atoms with E-state index in [0.717, 1.165) is 11.5 Å². The molecule has 0 unspecified atom stereocenters. The number of aliphatic hydroxyl groups excluding tert-OH is 1. The van der Waals surface area contributed by atoms with Crippen LogP contribution in [0.1, 0.15) is 25.7 Å². The molecule has 0 spiro atoms. The maximum Gasteiger partial charge on any atom is 0.126 e. The first-order valence-electron chi connectivity index (χ1n) is 6.34. The summed E-state index contributed by atoms with van der Waals surface area (Å²) in [7, 11) is 1.96. The molecule has 1 aromatic heterocycles. The average Bonchev–Trinajstić information content (AvgIpc) is 2.83. The number of aliphatic hydroxyl groups is 1. The quantitative estimate of drug-likeness (QED) is 0.818. The lowest BCUT2D eigenvalue weighted by Gasteiger charge is -2.18. The zero-order chi connectivity index (χ0) is 12.1. The maximum atomic E-state index is 8.87. The van der Waals surface area contributed by atoms with Crippen molar-refractivity contribution in [1.29, 1.82) is 0 Å². The van der Waals surface area contributed by atoms with E-state index in [9.17, 15) is 0 Å². The predicted molar refractivity (Wildman–Crippen MR) is 70.5 cm³/mol. The largest absolute Gasteiger partial charge is 0.395 e. The van der Waals surface area contributed by atoms with Crippen molar-refractivity contribution in [2.45, 2.75) is 31.7 Å². The van der Waals surface area contributed by atoms with E-state index < -0.39 is 0 Å². The van der Waals surface area contributed by atoms with Crippen molar-refractivity contribution < 1.29 is 5.11 Å². The summed E-state index contributed by atoms with van der Waals surface area (Å²) in [5.41, 5.74) is 1.04. The summed E-state index contributed by atoms with van der Waals surface area (Å²) < 4.78 is 0. The van der Waals surface area contributed by atoms with Crippen LogP contribution in [0, 0.1) is 0 Å². The van der Waals surface area contributed by atoms with Gasteiger partial charge >= 0.3 is 0 Å². The second kappa shape index (κ2) is 5.87. The van der Waals surface area contributed by atoms with Gasteiger partial charge in [0.2, 0.25) is 0 Å². The minimum absolute atomic E-state index is 0.165. The van der Waals surface area contributed by atoms with Crippen molar-refractivity contribution in [2.24, 2.45) is 0 Å². The number of pyridine rings is 1. The van der Waals surface area contributed by atoms with Gasteiger partial charge in [0.1, 0.15) is 5.82 Å². The Balaban J connectivity index is 1.92. The molecule has 2 N–H and O–H groups in total. The number of aromatic nitrogens is 1. The van der Waals surface area contributed by atoms with E-state index in [2.05, 4.69) is 10.3 Å². The van der Waals surface area contributed by atoms with Gasteiger partial charge in [-0.15, -0.1) is 0 Å². The van der Waals surface area contributed by atoms with E-state index in [0.29, 0.717) is 12.6 Å². The summed E-state index contributed by atoms with van der Waals surface area (Å²) in [4.78, 5) is 6.40. The van der Waals surface area contributed by atoms with Gasteiger partial charge in [0.25, 0.3) is 0 Å². The van der Waals surface area contributed by atoms with Gasteiger partial charge in [0.15, 0.2) is 0 Å². The molecule has 0 bridgehead atoms. The van der Waals surface area contributed by atoms with Gasteiger partial charge in [-0.2, -0.15) is 0 Å². The lowest BCUT2D eigenvalue weighted by molar-refractivity contribution is 0.304. The highest BCUT2D eigenvalue weighted by molar-refractivity contribution is 5.49. The summed E-state index contributed by atoms with van der Waals surface area (Å²) in [6.07, 6.45) is 7.03. The highest BCUT2D eigenvalue weighted by Gasteiger charge is 2.14. The Bertz CT molecular complexity index is 333. The van der Waals surface area contributed by atoms with Crippen molar-refractivity contribution in [3.8, 4) is 0 Å². The molecule has 0 saturated heterocycles. The molecule has 0 atom stereocenters. The fourth-order valence-electron chi connectivity index (χ4n) is 2.26. The van der Waals surface area contributed by atoms with Crippen molar-refractivity contribution in [3.63, 3.8) is 0 Å². The van der Waals surface area contributed by atoms with Crippen molar-refractivity contribution in [3.05, 3.63) is 18.3 Å². The highest BCUT2D eigenvalue weighted by Crippen LogP contribution is 2.22. The molecule has 17 heavy (non-hydrogen) atoms. The van der Waals surface area contributed by atoms with Crippen LogP contribution < -0.4 is 10.2 Å². The smallest absolute Gasteiger partial charge is 0.126 e. The number of anilines is 2. The third-order valence-electron chi connectivity index (χ3n) is 3.33. The molecule has 4 nitrogen and oxygen atoms in total. The second-order valence-corrected chi connectivity index (χ2v) is 4.67. The van der Waals surface area contributed by atoms with Gasteiger partial charge in [-0.25, -0.2) is 4.98 Å². The van der Waals surface area contributed by atoms with Crippen LogP contribution in [-0.2, 0) is 0 Å². The summed E-state index contributed by atoms with van der Waals surface area (Å²) in [6.45, 7) is 0.801. The summed E-state index contributed by atoms with van der Waals surface area (Å²) >= 11 is 0. The Hall–Kier alpha value is -1.29. The third kappa shape index (κ3) is 3.33. The molecule has 2 rings (SSSR count). The van der Waals surface area contributed by atoms with Crippen molar-refractivity contribution in [2.75, 3.05) is 30.4 Å². The molecule has 1 aliphatic rings. The normalized spacial score (nSPS) is 16.1. The van der Waals surface area contributed by atoms with E-state index in [-0.39, 0.29) is 6.61 Å². The Labute approximate surface area is 103 Å². The van der Waals surface area contributed by atoms with E-state index in [1.807, 2.05) is 30.3 Å². The van der Waals surface area contributed by atoms with Crippen molar-refractivity contribution in [1.82, 2.24) is 4.98 Å². The standard InChI is InChI=1S/C13H21N3O/c1-16(8-9-17)12-6-7-13(14-10-12)15-11-4-2-3-5-11/h6-7,10-11,17H,2-5,8-9H2,1H3,(H,14,15). The molecule has 1 saturated carbocycles. The molecule has 0 radical (unpaired) electrons. The predicted octanol–water partition coefficient (Wildman–Crippen LogP) is 1.86. The fourth-order valence-corrected chi connectivity index (χ4v) is 2.26. The van der Waals surface area contributed by atoms with Crippen LogP contribution >= 0.6 is 0 Å². The van der Waals surface area contributed by atoms with Crippen LogP contribution in [0.3, 0.4) is 0 Å². The molecule has 0 aromatic carbocycles. The number of hydrogen-bond donors (Lipinski definition) is 2.